The van der Waals surface area contributed by atoms with E-state index in [1.54, 1.807) is 11.3 Å². The minimum atomic E-state index is -0.0464. The van der Waals surface area contributed by atoms with Crippen LogP contribution >= 0.6 is 11.3 Å². The fraction of sp³-hybridized carbons (Fsp3) is 0.294. The summed E-state index contributed by atoms with van der Waals surface area (Å²) in [6.07, 6.45) is 0. The van der Waals surface area contributed by atoms with Gasteiger partial charge in [0.1, 0.15) is 5.01 Å². The Morgan fingerprint density at radius 1 is 1.24 bits per heavy atom. The van der Waals surface area contributed by atoms with Crippen LogP contribution in [-0.4, -0.2) is 32.4 Å². The van der Waals surface area contributed by atoms with Crippen LogP contribution < -0.4 is 10.2 Å². The molecule has 4 rings (SSSR count). The van der Waals surface area contributed by atoms with Crippen LogP contribution in [0.3, 0.4) is 0 Å². The summed E-state index contributed by atoms with van der Waals surface area (Å²) >= 11 is 1.61. The van der Waals surface area contributed by atoms with Gasteiger partial charge in [-0.2, -0.15) is 5.10 Å². The summed E-state index contributed by atoms with van der Waals surface area (Å²) in [6.45, 7) is 4.37. The Labute approximate surface area is 149 Å². The molecule has 0 spiro atoms. The first-order valence-electron chi connectivity index (χ1n) is 8.13. The van der Waals surface area contributed by atoms with Gasteiger partial charge in [0.05, 0.1) is 31.0 Å². The van der Waals surface area contributed by atoms with Crippen LogP contribution in [0.25, 0.3) is 10.6 Å². The molecule has 0 atom stereocenters. The second kappa shape index (κ2) is 6.64. The van der Waals surface area contributed by atoms with Crippen LogP contribution in [0.4, 0.5) is 5.13 Å². The van der Waals surface area contributed by atoms with E-state index in [1.807, 2.05) is 41.1 Å². The highest BCUT2D eigenvalue weighted by molar-refractivity contribution is 7.18. The number of benzene rings is 1. The topological polar surface area (TPSA) is 75.9 Å². The van der Waals surface area contributed by atoms with Crippen LogP contribution in [0.2, 0.25) is 0 Å². The van der Waals surface area contributed by atoms with Crippen LogP contribution in [0, 0.1) is 0 Å². The molecule has 7 nitrogen and oxygen atoms in total. The van der Waals surface area contributed by atoms with E-state index >= 15 is 0 Å². The number of nitrogens with one attached hydrogen (secondary N) is 1. The van der Waals surface area contributed by atoms with Gasteiger partial charge >= 0.3 is 0 Å². The molecular weight excluding hydrogens is 336 g/mol. The summed E-state index contributed by atoms with van der Waals surface area (Å²) < 4.78 is 2.01. The molecule has 1 N–H and O–H groups in total. The number of aromatic nitrogens is 4. The zero-order valence-electron chi connectivity index (χ0n) is 13.8. The van der Waals surface area contributed by atoms with E-state index < -0.39 is 0 Å². The number of nitrogens with zero attached hydrogens (tertiary/aromatic N) is 5. The monoisotopic (exact) mass is 354 g/mol. The smallest absolute Gasteiger partial charge is 0.217 e. The van der Waals surface area contributed by atoms with Gasteiger partial charge in [0.25, 0.3) is 0 Å². The molecule has 25 heavy (non-hydrogen) atoms. The summed E-state index contributed by atoms with van der Waals surface area (Å²) in [5.74, 6) is -0.0464. The fourth-order valence-corrected chi connectivity index (χ4v) is 3.71. The zero-order valence-corrected chi connectivity index (χ0v) is 14.7. The van der Waals surface area contributed by atoms with Crippen molar-refractivity contribution in [2.75, 3.05) is 11.4 Å². The molecule has 0 saturated carbocycles. The molecule has 3 heterocycles. The molecule has 8 heteroatoms. The number of carbonyl (C=O) groups is 1. The molecule has 0 bridgehead atoms. The van der Waals surface area contributed by atoms with E-state index in [4.69, 9.17) is 0 Å². The van der Waals surface area contributed by atoms with E-state index in [0.717, 1.165) is 46.7 Å². The molecule has 1 aromatic carbocycles. The third kappa shape index (κ3) is 3.39. The van der Waals surface area contributed by atoms with E-state index in [2.05, 4.69) is 25.5 Å². The van der Waals surface area contributed by atoms with E-state index in [-0.39, 0.29) is 5.91 Å². The maximum Gasteiger partial charge on any atom is 0.217 e. The number of rotatable bonds is 4. The standard InChI is InChI=1S/C17H18N6OS/c1-12(24)18-10-14-9-15-11-22(7-8-23(15)21-14)17-20-19-16(25-17)13-5-3-2-4-6-13/h2-6,9H,7-8,10-11H2,1H3,(H,18,24). The van der Waals surface area contributed by atoms with Gasteiger partial charge in [0.15, 0.2) is 0 Å². The van der Waals surface area contributed by atoms with E-state index in [9.17, 15) is 4.79 Å². The summed E-state index contributed by atoms with van der Waals surface area (Å²) in [6, 6.07) is 12.1. The van der Waals surface area contributed by atoms with Crippen LogP contribution in [0.5, 0.6) is 0 Å². The van der Waals surface area contributed by atoms with Crippen molar-refractivity contribution in [2.45, 2.75) is 26.6 Å². The first kappa shape index (κ1) is 15.8. The van der Waals surface area contributed by atoms with Gasteiger partial charge in [0.2, 0.25) is 11.0 Å². The Hall–Kier alpha value is -2.74. The highest BCUT2D eigenvalue weighted by atomic mass is 32.1. The molecular formula is C17H18N6OS. The second-order valence-electron chi connectivity index (χ2n) is 5.94. The molecule has 1 aliphatic heterocycles. The van der Waals surface area contributed by atoms with Crippen molar-refractivity contribution in [1.29, 1.82) is 0 Å². The number of anilines is 1. The Kier molecular flexibility index (Phi) is 4.19. The Balaban J connectivity index is 1.49. The van der Waals surface area contributed by atoms with Gasteiger partial charge in [0, 0.05) is 19.0 Å². The van der Waals surface area contributed by atoms with Gasteiger partial charge < -0.3 is 10.2 Å². The number of fused-ring (bicyclic) bond motifs is 1. The van der Waals surface area contributed by atoms with Crippen molar-refractivity contribution < 1.29 is 4.79 Å². The highest BCUT2D eigenvalue weighted by Crippen LogP contribution is 2.30. The minimum Gasteiger partial charge on any atom is -0.351 e. The van der Waals surface area contributed by atoms with E-state index in [1.165, 1.54) is 6.92 Å². The molecule has 1 aliphatic rings. The first-order chi connectivity index (χ1) is 12.2. The summed E-state index contributed by atoms with van der Waals surface area (Å²) in [4.78, 5) is 13.3. The number of hydrogen-bond acceptors (Lipinski definition) is 6. The van der Waals surface area contributed by atoms with Crippen LogP contribution in [0.1, 0.15) is 18.3 Å². The third-order valence-electron chi connectivity index (χ3n) is 4.07. The molecule has 0 aliphatic carbocycles. The number of carbonyl (C=O) groups excluding carboxylic acids is 1. The number of hydrogen-bond donors (Lipinski definition) is 1. The summed E-state index contributed by atoms with van der Waals surface area (Å²) in [5, 5.41) is 17.9. The molecule has 2 aromatic heterocycles. The van der Waals surface area contributed by atoms with Crippen molar-refractivity contribution in [3.63, 3.8) is 0 Å². The van der Waals surface area contributed by atoms with Crippen molar-refractivity contribution in [3.05, 3.63) is 47.8 Å². The van der Waals surface area contributed by atoms with Gasteiger partial charge in [-0.25, -0.2) is 0 Å². The van der Waals surface area contributed by atoms with Gasteiger partial charge in [-0.1, -0.05) is 41.7 Å². The zero-order chi connectivity index (χ0) is 17.2. The lowest BCUT2D eigenvalue weighted by Gasteiger charge is -2.26. The van der Waals surface area contributed by atoms with Crippen LogP contribution in [-0.2, 0) is 24.4 Å². The average molecular weight is 354 g/mol. The predicted octanol–water partition coefficient (Wildman–Crippen LogP) is 2.06. The summed E-state index contributed by atoms with van der Waals surface area (Å²) in [5.41, 5.74) is 3.10. The van der Waals surface area contributed by atoms with Crippen molar-refractivity contribution in [1.82, 2.24) is 25.3 Å². The number of amides is 1. The largest absolute Gasteiger partial charge is 0.351 e. The fourth-order valence-electron chi connectivity index (χ4n) is 2.83. The lowest BCUT2D eigenvalue weighted by molar-refractivity contribution is -0.119. The Morgan fingerprint density at radius 3 is 2.88 bits per heavy atom. The molecule has 0 fully saturated rings. The van der Waals surface area contributed by atoms with Gasteiger partial charge in [-0.3, -0.25) is 9.48 Å². The van der Waals surface area contributed by atoms with Crippen molar-refractivity contribution in [2.24, 2.45) is 0 Å². The average Bonchev–Trinajstić information content (AvgIpc) is 3.27. The van der Waals surface area contributed by atoms with Gasteiger partial charge in [-0.05, 0) is 6.07 Å². The molecule has 1 amide bonds. The highest BCUT2D eigenvalue weighted by Gasteiger charge is 2.21. The maximum absolute atomic E-state index is 11.0. The predicted molar refractivity (Wildman–Crippen MR) is 96.1 cm³/mol. The van der Waals surface area contributed by atoms with Crippen molar-refractivity contribution >= 4 is 22.4 Å². The van der Waals surface area contributed by atoms with Crippen molar-refractivity contribution in [3.8, 4) is 10.6 Å². The normalized spacial score (nSPS) is 13.6. The van der Waals surface area contributed by atoms with Crippen LogP contribution in [0.15, 0.2) is 36.4 Å². The molecule has 0 saturated heterocycles. The Morgan fingerprint density at radius 2 is 2.08 bits per heavy atom. The van der Waals surface area contributed by atoms with E-state index in [0.29, 0.717) is 6.54 Å². The quantitative estimate of drug-likeness (QED) is 0.776. The lowest BCUT2D eigenvalue weighted by atomic mass is 10.2. The summed E-state index contributed by atoms with van der Waals surface area (Å²) in [7, 11) is 0. The SMILES string of the molecule is CC(=O)NCc1cc2n(n1)CCN(c1nnc(-c3ccccc3)s1)C2. The molecule has 128 valence electrons. The maximum atomic E-state index is 11.0. The first-order valence-corrected chi connectivity index (χ1v) is 8.94. The second-order valence-corrected chi connectivity index (χ2v) is 6.89. The molecule has 0 unspecified atom stereocenters. The minimum absolute atomic E-state index is 0.0464. The molecule has 0 radical (unpaired) electrons. The third-order valence-corrected chi connectivity index (χ3v) is 5.11. The van der Waals surface area contributed by atoms with Gasteiger partial charge in [-0.15, -0.1) is 10.2 Å². The Bertz CT molecular complexity index is 888. The lowest BCUT2D eigenvalue weighted by Crippen LogP contribution is -2.33. The molecule has 3 aromatic rings.